The highest BCUT2D eigenvalue weighted by atomic mass is 28.4. The van der Waals surface area contributed by atoms with Crippen LogP contribution in [0.1, 0.15) is 52.5 Å². The number of esters is 1. The number of hydrogen-bond acceptors (Lipinski definition) is 3. The van der Waals surface area contributed by atoms with E-state index in [0.29, 0.717) is 13.0 Å². The van der Waals surface area contributed by atoms with Crippen LogP contribution in [0.5, 0.6) is 0 Å². The molecule has 0 aliphatic heterocycles. The molecule has 0 unspecified atom stereocenters. The van der Waals surface area contributed by atoms with Crippen molar-refractivity contribution < 1.29 is 14.0 Å². The number of carbonyl (C=O) groups excluding carboxylic acids is 1. The second-order valence-corrected chi connectivity index (χ2v) is 13.7. The largest absolute Gasteiger partial charge is 0.461 e. The van der Waals surface area contributed by atoms with Gasteiger partial charge in [-0.25, -0.2) is 0 Å². The van der Waals surface area contributed by atoms with Crippen molar-refractivity contribution in [3.8, 4) is 0 Å². The van der Waals surface area contributed by atoms with E-state index in [-0.39, 0.29) is 16.4 Å². The van der Waals surface area contributed by atoms with E-state index in [0.717, 1.165) is 25.0 Å². The van der Waals surface area contributed by atoms with Crippen LogP contribution in [0, 0.1) is 5.41 Å². The van der Waals surface area contributed by atoms with Crippen LogP contribution in [0.2, 0.25) is 18.1 Å². The number of benzene rings is 1. The Hall–Kier alpha value is -1.39. The lowest BCUT2D eigenvalue weighted by Gasteiger charge is -2.36. The van der Waals surface area contributed by atoms with Crippen molar-refractivity contribution in [3.05, 3.63) is 48.6 Å². The van der Waals surface area contributed by atoms with Crippen LogP contribution in [0.15, 0.2) is 43.0 Å². The van der Waals surface area contributed by atoms with Crippen molar-refractivity contribution in [2.24, 2.45) is 5.41 Å². The minimum atomic E-state index is -1.71. The molecule has 0 aliphatic rings. The molecule has 146 valence electrons. The molecule has 1 aromatic rings. The zero-order valence-corrected chi connectivity index (χ0v) is 18.4. The fourth-order valence-electron chi connectivity index (χ4n) is 2.40. The number of rotatable bonds is 10. The van der Waals surface area contributed by atoms with Gasteiger partial charge in [0.15, 0.2) is 8.32 Å². The maximum atomic E-state index is 12.2. The van der Waals surface area contributed by atoms with Gasteiger partial charge in [-0.3, -0.25) is 4.79 Å². The Morgan fingerprint density at radius 1 is 1.15 bits per heavy atom. The Labute approximate surface area is 160 Å². The summed E-state index contributed by atoms with van der Waals surface area (Å²) in [5.74, 6) is -0.179. The molecule has 1 aromatic carbocycles. The Morgan fingerprint density at radius 3 is 2.31 bits per heavy atom. The highest BCUT2D eigenvalue weighted by Gasteiger charge is 2.37. The van der Waals surface area contributed by atoms with Gasteiger partial charge in [0.2, 0.25) is 0 Å². The average Bonchev–Trinajstić information content (AvgIpc) is 2.57. The van der Waals surface area contributed by atoms with Gasteiger partial charge >= 0.3 is 5.97 Å². The molecule has 0 heterocycles. The van der Waals surface area contributed by atoms with Gasteiger partial charge in [0.1, 0.15) is 6.61 Å². The highest BCUT2D eigenvalue weighted by Crippen LogP contribution is 2.37. The fraction of sp³-hybridized carbons (Fsp3) is 0.591. The van der Waals surface area contributed by atoms with Crippen LogP contribution >= 0.6 is 0 Å². The van der Waals surface area contributed by atoms with Gasteiger partial charge in [0.05, 0.1) is 6.42 Å². The summed E-state index contributed by atoms with van der Waals surface area (Å²) in [5, 5.41) is 0.218. The van der Waals surface area contributed by atoms with E-state index >= 15 is 0 Å². The molecule has 0 aromatic heterocycles. The van der Waals surface area contributed by atoms with Crippen molar-refractivity contribution in [2.45, 2.75) is 71.7 Å². The molecule has 0 aliphatic carbocycles. The van der Waals surface area contributed by atoms with Crippen LogP contribution in [0.4, 0.5) is 0 Å². The summed E-state index contributed by atoms with van der Waals surface area (Å²) >= 11 is 0. The van der Waals surface area contributed by atoms with E-state index in [4.69, 9.17) is 9.16 Å². The van der Waals surface area contributed by atoms with E-state index in [9.17, 15) is 4.79 Å². The normalized spacial score (nSPS) is 14.5. The van der Waals surface area contributed by atoms with Crippen molar-refractivity contribution in [3.63, 3.8) is 0 Å². The van der Waals surface area contributed by atoms with E-state index in [1.165, 1.54) is 0 Å². The smallest absolute Gasteiger partial charge is 0.306 e. The number of allylic oxidation sites excluding steroid dienone is 1. The average molecular weight is 377 g/mol. The molecule has 1 rings (SSSR count). The Kier molecular flexibility index (Phi) is 8.29. The standard InChI is InChI=1S/C22H36O3Si/c1-8-22(5,15-12-16-25-26(6,7)21(2,3)4)17-20(23)24-18-19-13-10-9-11-14-19/h8-11,13-14H,1,12,15-18H2,2-7H3/t22-/m0/s1. The first-order chi connectivity index (χ1) is 12.0. The van der Waals surface area contributed by atoms with Crippen LogP contribution in [-0.2, 0) is 20.6 Å². The first-order valence-corrected chi connectivity index (χ1v) is 12.4. The Morgan fingerprint density at radius 2 is 1.77 bits per heavy atom. The molecule has 0 saturated carbocycles. The second kappa shape index (κ2) is 9.52. The van der Waals surface area contributed by atoms with Gasteiger partial charge < -0.3 is 9.16 Å². The molecule has 0 N–H and O–H groups in total. The minimum Gasteiger partial charge on any atom is -0.461 e. The van der Waals surface area contributed by atoms with Gasteiger partial charge in [-0.2, -0.15) is 0 Å². The topological polar surface area (TPSA) is 35.5 Å². The second-order valence-electron chi connectivity index (χ2n) is 8.89. The molecule has 0 radical (unpaired) electrons. The third-order valence-corrected chi connectivity index (χ3v) is 9.98. The monoisotopic (exact) mass is 376 g/mol. The van der Waals surface area contributed by atoms with Gasteiger partial charge in [-0.15, -0.1) is 6.58 Å². The molecular formula is C22H36O3Si. The van der Waals surface area contributed by atoms with E-state index in [1.54, 1.807) is 0 Å². The zero-order chi connectivity index (χ0) is 19.8. The van der Waals surface area contributed by atoms with Gasteiger partial charge in [0.25, 0.3) is 0 Å². The number of carbonyl (C=O) groups is 1. The summed E-state index contributed by atoms with van der Waals surface area (Å²) in [6, 6.07) is 9.75. The molecule has 4 heteroatoms. The quantitative estimate of drug-likeness (QED) is 0.214. The molecule has 0 amide bonds. The third-order valence-electron chi connectivity index (χ3n) is 5.44. The Balaban J connectivity index is 2.42. The lowest BCUT2D eigenvalue weighted by Crippen LogP contribution is -2.41. The summed E-state index contributed by atoms with van der Waals surface area (Å²) in [6.07, 6.45) is 4.01. The summed E-state index contributed by atoms with van der Waals surface area (Å²) in [6.45, 7) is 18.3. The fourth-order valence-corrected chi connectivity index (χ4v) is 3.49. The van der Waals surface area contributed by atoms with Crippen LogP contribution < -0.4 is 0 Å². The van der Waals surface area contributed by atoms with Gasteiger partial charge in [-0.1, -0.05) is 64.1 Å². The van der Waals surface area contributed by atoms with Gasteiger partial charge in [-0.05, 0) is 42.0 Å². The lowest BCUT2D eigenvalue weighted by molar-refractivity contribution is -0.147. The molecule has 0 saturated heterocycles. The number of hydrogen-bond donors (Lipinski definition) is 0. The predicted octanol–water partition coefficient (Wildman–Crippen LogP) is 6.11. The van der Waals surface area contributed by atoms with Crippen LogP contribution in [-0.4, -0.2) is 20.9 Å². The maximum absolute atomic E-state index is 12.2. The molecular weight excluding hydrogens is 340 g/mol. The van der Waals surface area contributed by atoms with Gasteiger partial charge in [0, 0.05) is 6.61 Å². The van der Waals surface area contributed by atoms with Crippen molar-refractivity contribution >= 4 is 14.3 Å². The van der Waals surface area contributed by atoms with E-state index in [2.05, 4.69) is 47.4 Å². The van der Waals surface area contributed by atoms with Crippen LogP contribution in [0.3, 0.4) is 0 Å². The maximum Gasteiger partial charge on any atom is 0.306 e. The van der Waals surface area contributed by atoms with E-state index in [1.807, 2.05) is 36.4 Å². The molecule has 1 atom stereocenters. The van der Waals surface area contributed by atoms with Crippen molar-refractivity contribution in [2.75, 3.05) is 6.61 Å². The summed E-state index contributed by atoms with van der Waals surface area (Å²) in [7, 11) is -1.71. The SMILES string of the molecule is C=C[C@@](C)(CCCO[Si](C)(C)C(C)(C)C)CC(=O)OCc1ccccc1. The first-order valence-electron chi connectivity index (χ1n) is 9.46. The minimum absolute atomic E-state index is 0.179. The molecule has 0 fully saturated rings. The van der Waals surface area contributed by atoms with E-state index < -0.39 is 8.32 Å². The number of ether oxygens (including phenoxy) is 1. The molecule has 0 bridgehead atoms. The van der Waals surface area contributed by atoms with Crippen molar-refractivity contribution in [1.82, 2.24) is 0 Å². The summed E-state index contributed by atoms with van der Waals surface area (Å²) < 4.78 is 11.7. The molecule has 26 heavy (non-hydrogen) atoms. The first kappa shape index (κ1) is 22.6. The lowest BCUT2D eigenvalue weighted by atomic mass is 9.82. The predicted molar refractivity (Wildman–Crippen MR) is 112 cm³/mol. The zero-order valence-electron chi connectivity index (χ0n) is 17.4. The summed E-state index contributed by atoms with van der Waals surface area (Å²) in [5.41, 5.74) is 0.744. The molecule has 3 nitrogen and oxygen atoms in total. The summed E-state index contributed by atoms with van der Waals surface area (Å²) in [4.78, 5) is 12.2. The highest BCUT2D eigenvalue weighted by molar-refractivity contribution is 6.74. The molecule has 0 spiro atoms. The van der Waals surface area contributed by atoms with Crippen LogP contribution in [0.25, 0.3) is 0 Å². The Bertz CT molecular complexity index is 575. The van der Waals surface area contributed by atoms with Crippen molar-refractivity contribution in [1.29, 1.82) is 0 Å². The third kappa shape index (κ3) is 7.46.